The van der Waals surface area contributed by atoms with Crippen LogP contribution in [-0.2, 0) is 6.54 Å². The van der Waals surface area contributed by atoms with E-state index in [0.29, 0.717) is 13.0 Å². The maximum Gasteiger partial charge on any atom is 0.0802 e. The second-order valence-electron chi connectivity index (χ2n) is 4.08. The van der Waals surface area contributed by atoms with Crippen LogP contribution in [0, 0.1) is 0 Å². The highest BCUT2D eigenvalue weighted by Gasteiger charge is 2.06. The Morgan fingerprint density at radius 2 is 2.13 bits per heavy atom. The molecule has 0 aromatic heterocycles. The van der Waals surface area contributed by atoms with E-state index >= 15 is 0 Å². The zero-order chi connectivity index (χ0) is 11.3. The molecule has 3 N–H and O–H groups in total. The summed E-state index contributed by atoms with van der Waals surface area (Å²) >= 11 is 0. The molecule has 0 bridgehead atoms. The Bertz CT molecular complexity index is 299. The smallest absolute Gasteiger partial charge is 0.0802 e. The largest absolute Gasteiger partial charge is 0.388 e. The zero-order valence-electron chi connectivity index (χ0n) is 9.48. The molecule has 0 heterocycles. The van der Waals surface area contributed by atoms with Crippen LogP contribution in [-0.4, -0.2) is 30.6 Å². The molecule has 1 rings (SSSR count). The number of hydrogen-bond acceptors (Lipinski definition) is 3. The van der Waals surface area contributed by atoms with Crippen LogP contribution in [0.3, 0.4) is 0 Å². The van der Waals surface area contributed by atoms with E-state index in [2.05, 4.69) is 11.0 Å². The van der Waals surface area contributed by atoms with E-state index in [-0.39, 0.29) is 0 Å². The van der Waals surface area contributed by atoms with Crippen molar-refractivity contribution in [3.63, 3.8) is 0 Å². The lowest BCUT2D eigenvalue weighted by Crippen LogP contribution is -2.11. The van der Waals surface area contributed by atoms with Crippen molar-refractivity contribution in [1.82, 2.24) is 4.90 Å². The van der Waals surface area contributed by atoms with Crippen LogP contribution in [0.2, 0.25) is 0 Å². The van der Waals surface area contributed by atoms with Crippen LogP contribution >= 0.6 is 0 Å². The van der Waals surface area contributed by atoms with Crippen molar-refractivity contribution in [3.05, 3.63) is 35.4 Å². The molecule has 0 saturated carbocycles. The molecule has 3 nitrogen and oxygen atoms in total. The molecular weight excluding hydrogens is 188 g/mol. The first-order chi connectivity index (χ1) is 7.13. The lowest BCUT2D eigenvalue weighted by atomic mass is 10.0. The summed E-state index contributed by atoms with van der Waals surface area (Å²) in [5.74, 6) is 0. The molecule has 15 heavy (non-hydrogen) atoms. The Hall–Kier alpha value is -0.900. The average Bonchev–Trinajstić information content (AvgIpc) is 2.17. The molecule has 1 aromatic carbocycles. The van der Waals surface area contributed by atoms with E-state index < -0.39 is 6.10 Å². The predicted molar refractivity (Wildman–Crippen MR) is 62.5 cm³/mol. The van der Waals surface area contributed by atoms with E-state index in [0.717, 1.165) is 12.1 Å². The summed E-state index contributed by atoms with van der Waals surface area (Å²) in [6.45, 7) is 1.41. The monoisotopic (exact) mass is 208 g/mol. The third-order valence-corrected chi connectivity index (χ3v) is 2.27. The van der Waals surface area contributed by atoms with Crippen LogP contribution in [0.5, 0.6) is 0 Å². The topological polar surface area (TPSA) is 49.5 Å². The Labute approximate surface area is 91.5 Å². The van der Waals surface area contributed by atoms with Gasteiger partial charge in [0.15, 0.2) is 0 Å². The summed E-state index contributed by atoms with van der Waals surface area (Å²) in [6, 6.07) is 8.03. The fourth-order valence-electron chi connectivity index (χ4n) is 1.59. The molecular formula is C12H20N2O. The lowest BCUT2D eigenvalue weighted by molar-refractivity contribution is 0.170. The first-order valence-electron chi connectivity index (χ1n) is 5.25. The van der Waals surface area contributed by atoms with Gasteiger partial charge in [0.05, 0.1) is 6.10 Å². The third kappa shape index (κ3) is 4.00. The molecule has 3 heteroatoms. The zero-order valence-corrected chi connectivity index (χ0v) is 9.48. The molecule has 0 aliphatic carbocycles. The molecule has 0 spiro atoms. The quantitative estimate of drug-likeness (QED) is 0.762. The first kappa shape index (κ1) is 12.2. The molecule has 0 saturated heterocycles. The fraction of sp³-hybridized carbons (Fsp3) is 0.500. The molecule has 0 aliphatic heterocycles. The van der Waals surface area contributed by atoms with Crippen LogP contribution in [0.1, 0.15) is 23.7 Å². The summed E-state index contributed by atoms with van der Waals surface area (Å²) in [6.07, 6.45) is 0.183. The first-order valence-corrected chi connectivity index (χ1v) is 5.25. The van der Waals surface area contributed by atoms with E-state index in [1.807, 2.05) is 32.3 Å². The fourth-order valence-corrected chi connectivity index (χ4v) is 1.59. The highest BCUT2D eigenvalue weighted by molar-refractivity contribution is 5.25. The van der Waals surface area contributed by atoms with Crippen molar-refractivity contribution in [2.75, 3.05) is 20.6 Å². The summed E-state index contributed by atoms with van der Waals surface area (Å²) in [7, 11) is 4.06. The summed E-state index contributed by atoms with van der Waals surface area (Å²) in [4.78, 5) is 2.11. The second kappa shape index (κ2) is 5.85. The van der Waals surface area contributed by atoms with Gasteiger partial charge in [-0.25, -0.2) is 0 Å². The number of nitrogens with zero attached hydrogens (tertiary/aromatic N) is 1. The van der Waals surface area contributed by atoms with Crippen LogP contribution in [0.4, 0.5) is 0 Å². The lowest BCUT2D eigenvalue weighted by Gasteiger charge is -2.13. The summed E-state index contributed by atoms with van der Waals surface area (Å²) < 4.78 is 0. The molecule has 1 atom stereocenters. The van der Waals surface area contributed by atoms with Crippen molar-refractivity contribution in [1.29, 1.82) is 0 Å². The molecule has 0 amide bonds. The Kier molecular flexibility index (Phi) is 4.75. The van der Waals surface area contributed by atoms with Crippen molar-refractivity contribution in [3.8, 4) is 0 Å². The SMILES string of the molecule is CN(C)Cc1cccc([C@H](O)CCN)c1. The third-order valence-electron chi connectivity index (χ3n) is 2.27. The van der Waals surface area contributed by atoms with Crippen LogP contribution in [0.25, 0.3) is 0 Å². The molecule has 1 aromatic rings. The standard InChI is InChI=1S/C12H20N2O/c1-14(2)9-10-4-3-5-11(8-10)12(15)6-7-13/h3-5,8,12,15H,6-7,9,13H2,1-2H3/t12-/m1/s1. The van der Waals surface area contributed by atoms with Gasteiger partial charge in [-0.2, -0.15) is 0 Å². The van der Waals surface area contributed by atoms with Gasteiger partial charge in [0.1, 0.15) is 0 Å². The Morgan fingerprint density at radius 1 is 1.40 bits per heavy atom. The number of aliphatic hydroxyl groups excluding tert-OH is 1. The van der Waals surface area contributed by atoms with Gasteiger partial charge >= 0.3 is 0 Å². The van der Waals surface area contributed by atoms with Gasteiger partial charge in [-0.15, -0.1) is 0 Å². The van der Waals surface area contributed by atoms with Gasteiger partial charge in [0.25, 0.3) is 0 Å². The van der Waals surface area contributed by atoms with E-state index in [9.17, 15) is 5.11 Å². The maximum absolute atomic E-state index is 9.79. The van der Waals surface area contributed by atoms with Gasteiger partial charge in [-0.05, 0) is 38.2 Å². The second-order valence-corrected chi connectivity index (χ2v) is 4.08. The van der Waals surface area contributed by atoms with Crippen molar-refractivity contribution >= 4 is 0 Å². The van der Waals surface area contributed by atoms with Gasteiger partial charge in [-0.1, -0.05) is 24.3 Å². The molecule has 0 radical (unpaired) electrons. The highest BCUT2D eigenvalue weighted by atomic mass is 16.3. The minimum atomic E-state index is -0.433. The van der Waals surface area contributed by atoms with Crippen LogP contribution < -0.4 is 5.73 Å². The predicted octanol–water partition coefficient (Wildman–Crippen LogP) is 1.13. The van der Waals surface area contributed by atoms with Gasteiger partial charge < -0.3 is 15.7 Å². The van der Waals surface area contributed by atoms with Gasteiger partial charge in [0, 0.05) is 6.54 Å². The number of rotatable bonds is 5. The minimum absolute atomic E-state index is 0.433. The molecule has 0 fully saturated rings. The number of hydrogen-bond donors (Lipinski definition) is 2. The van der Waals surface area contributed by atoms with Crippen molar-refractivity contribution in [2.45, 2.75) is 19.1 Å². The summed E-state index contributed by atoms with van der Waals surface area (Å²) in [5, 5.41) is 9.79. The van der Waals surface area contributed by atoms with Crippen LogP contribution in [0.15, 0.2) is 24.3 Å². The van der Waals surface area contributed by atoms with E-state index in [4.69, 9.17) is 5.73 Å². The van der Waals surface area contributed by atoms with Gasteiger partial charge in [-0.3, -0.25) is 0 Å². The Morgan fingerprint density at radius 3 is 2.73 bits per heavy atom. The maximum atomic E-state index is 9.79. The van der Waals surface area contributed by atoms with Gasteiger partial charge in [0.2, 0.25) is 0 Å². The number of nitrogens with two attached hydrogens (primary N) is 1. The van der Waals surface area contributed by atoms with Crippen molar-refractivity contribution < 1.29 is 5.11 Å². The molecule has 0 unspecified atom stereocenters. The Balaban J connectivity index is 2.73. The van der Waals surface area contributed by atoms with Crippen molar-refractivity contribution in [2.24, 2.45) is 5.73 Å². The minimum Gasteiger partial charge on any atom is -0.388 e. The van der Waals surface area contributed by atoms with E-state index in [1.165, 1.54) is 5.56 Å². The number of aliphatic hydroxyl groups is 1. The normalized spacial score (nSPS) is 13.1. The molecule has 84 valence electrons. The number of benzene rings is 1. The van der Waals surface area contributed by atoms with E-state index in [1.54, 1.807) is 0 Å². The average molecular weight is 208 g/mol. The molecule has 0 aliphatic rings. The highest BCUT2D eigenvalue weighted by Crippen LogP contribution is 2.17. The summed E-state index contributed by atoms with van der Waals surface area (Å²) in [5.41, 5.74) is 7.59.